The summed E-state index contributed by atoms with van der Waals surface area (Å²) in [7, 11) is 1.56. The SMILES string of the molecule is CNC(=O)c1ccccc1NC(=O)C(Br)C(C)C. The second-order valence-electron chi connectivity index (χ2n) is 4.26. The first-order valence-electron chi connectivity index (χ1n) is 5.73. The Bertz CT molecular complexity index is 446. The summed E-state index contributed by atoms with van der Waals surface area (Å²) in [5, 5.41) is 5.31. The van der Waals surface area contributed by atoms with E-state index >= 15 is 0 Å². The second kappa shape index (κ2) is 6.54. The van der Waals surface area contributed by atoms with Crippen LogP contribution in [0.15, 0.2) is 24.3 Å². The summed E-state index contributed by atoms with van der Waals surface area (Å²) in [5.74, 6) is -0.194. The van der Waals surface area contributed by atoms with Crippen molar-refractivity contribution in [2.24, 2.45) is 5.92 Å². The van der Waals surface area contributed by atoms with Crippen molar-refractivity contribution in [1.29, 1.82) is 0 Å². The van der Waals surface area contributed by atoms with E-state index in [4.69, 9.17) is 0 Å². The molecule has 0 radical (unpaired) electrons. The van der Waals surface area contributed by atoms with Crippen molar-refractivity contribution < 1.29 is 9.59 Å². The van der Waals surface area contributed by atoms with Crippen LogP contribution < -0.4 is 10.6 Å². The van der Waals surface area contributed by atoms with E-state index in [1.807, 2.05) is 13.8 Å². The zero-order valence-corrected chi connectivity index (χ0v) is 12.2. The standard InChI is InChI=1S/C13H17BrN2O2/c1-8(2)11(14)13(18)16-10-7-5-4-6-9(10)12(17)15-3/h4-8,11H,1-3H3,(H,15,17)(H,16,18). The van der Waals surface area contributed by atoms with Crippen LogP contribution in [0.5, 0.6) is 0 Å². The van der Waals surface area contributed by atoms with Gasteiger partial charge in [-0.15, -0.1) is 0 Å². The molecule has 1 aromatic rings. The van der Waals surface area contributed by atoms with Crippen LogP contribution in [-0.4, -0.2) is 23.7 Å². The van der Waals surface area contributed by atoms with E-state index in [9.17, 15) is 9.59 Å². The Hall–Kier alpha value is -1.36. The maximum absolute atomic E-state index is 11.9. The average molecular weight is 313 g/mol. The van der Waals surface area contributed by atoms with E-state index in [0.717, 1.165) is 0 Å². The number of amides is 2. The number of nitrogens with one attached hydrogen (secondary N) is 2. The molecule has 0 fully saturated rings. The highest BCUT2D eigenvalue weighted by Gasteiger charge is 2.20. The van der Waals surface area contributed by atoms with Crippen molar-refractivity contribution in [3.05, 3.63) is 29.8 Å². The fraction of sp³-hybridized carbons (Fsp3) is 0.385. The van der Waals surface area contributed by atoms with Gasteiger partial charge in [0.1, 0.15) is 0 Å². The number of alkyl halides is 1. The number of rotatable bonds is 4. The molecule has 1 rings (SSSR count). The Kier molecular flexibility index (Phi) is 5.34. The third-order valence-corrected chi connectivity index (χ3v) is 3.97. The fourth-order valence-electron chi connectivity index (χ4n) is 1.43. The molecule has 0 spiro atoms. The largest absolute Gasteiger partial charge is 0.355 e. The van der Waals surface area contributed by atoms with E-state index in [-0.39, 0.29) is 22.6 Å². The van der Waals surface area contributed by atoms with E-state index in [1.165, 1.54) is 0 Å². The predicted molar refractivity (Wildman–Crippen MR) is 76.0 cm³/mol. The van der Waals surface area contributed by atoms with Gasteiger partial charge in [0.15, 0.2) is 0 Å². The molecule has 0 aromatic heterocycles. The number of carbonyl (C=O) groups is 2. The molecule has 2 N–H and O–H groups in total. The summed E-state index contributed by atoms with van der Waals surface area (Å²) in [4.78, 5) is 23.3. The summed E-state index contributed by atoms with van der Waals surface area (Å²) in [6.07, 6.45) is 0. The van der Waals surface area contributed by atoms with Crippen LogP contribution in [0.3, 0.4) is 0 Å². The molecular weight excluding hydrogens is 296 g/mol. The summed E-state index contributed by atoms with van der Waals surface area (Å²) in [6.45, 7) is 3.90. The van der Waals surface area contributed by atoms with Gasteiger partial charge in [0.2, 0.25) is 5.91 Å². The van der Waals surface area contributed by atoms with Crippen molar-refractivity contribution in [3.63, 3.8) is 0 Å². The van der Waals surface area contributed by atoms with Gasteiger partial charge in [0.25, 0.3) is 5.91 Å². The van der Waals surface area contributed by atoms with Crippen LogP contribution in [0.4, 0.5) is 5.69 Å². The Morgan fingerprint density at radius 1 is 1.22 bits per heavy atom. The van der Waals surface area contributed by atoms with Crippen molar-refractivity contribution >= 4 is 33.4 Å². The quantitative estimate of drug-likeness (QED) is 0.839. The first-order valence-corrected chi connectivity index (χ1v) is 6.65. The Morgan fingerprint density at radius 3 is 2.39 bits per heavy atom. The number of hydrogen-bond donors (Lipinski definition) is 2. The predicted octanol–water partition coefficient (Wildman–Crippen LogP) is 2.40. The smallest absolute Gasteiger partial charge is 0.253 e. The molecule has 18 heavy (non-hydrogen) atoms. The molecule has 1 unspecified atom stereocenters. The minimum atomic E-state index is -0.282. The van der Waals surface area contributed by atoms with Gasteiger partial charge in [-0.2, -0.15) is 0 Å². The number of halogens is 1. The van der Waals surface area contributed by atoms with Crippen LogP contribution >= 0.6 is 15.9 Å². The normalized spacial score (nSPS) is 12.1. The van der Waals surface area contributed by atoms with Gasteiger partial charge in [-0.05, 0) is 18.1 Å². The lowest BCUT2D eigenvalue weighted by Crippen LogP contribution is -2.28. The molecule has 4 nitrogen and oxygen atoms in total. The molecule has 1 atom stereocenters. The summed E-state index contributed by atoms with van der Waals surface area (Å²) < 4.78 is 0. The molecule has 0 aliphatic carbocycles. The van der Waals surface area contributed by atoms with Crippen LogP contribution in [-0.2, 0) is 4.79 Å². The minimum Gasteiger partial charge on any atom is -0.355 e. The molecular formula is C13H17BrN2O2. The van der Waals surface area contributed by atoms with Crippen molar-refractivity contribution in [1.82, 2.24) is 5.32 Å². The lowest BCUT2D eigenvalue weighted by atomic mass is 10.1. The second-order valence-corrected chi connectivity index (χ2v) is 5.25. The van der Waals surface area contributed by atoms with Crippen molar-refractivity contribution in [2.75, 3.05) is 12.4 Å². The van der Waals surface area contributed by atoms with Gasteiger partial charge in [-0.1, -0.05) is 41.9 Å². The van der Waals surface area contributed by atoms with Gasteiger partial charge >= 0.3 is 0 Å². The van der Waals surface area contributed by atoms with E-state index in [0.29, 0.717) is 11.3 Å². The van der Waals surface area contributed by atoms with Crippen molar-refractivity contribution in [2.45, 2.75) is 18.7 Å². The van der Waals surface area contributed by atoms with Gasteiger partial charge in [-0.25, -0.2) is 0 Å². The van der Waals surface area contributed by atoms with Crippen LogP contribution in [0, 0.1) is 5.92 Å². The van der Waals surface area contributed by atoms with Gasteiger partial charge in [-0.3, -0.25) is 9.59 Å². The van der Waals surface area contributed by atoms with E-state index in [1.54, 1.807) is 31.3 Å². The molecule has 2 amide bonds. The third kappa shape index (κ3) is 3.57. The maximum atomic E-state index is 11.9. The van der Waals surface area contributed by atoms with E-state index < -0.39 is 0 Å². The molecule has 0 aliphatic heterocycles. The molecule has 5 heteroatoms. The first-order chi connectivity index (χ1) is 8.47. The topological polar surface area (TPSA) is 58.2 Å². The van der Waals surface area contributed by atoms with E-state index in [2.05, 4.69) is 26.6 Å². The highest BCUT2D eigenvalue weighted by Crippen LogP contribution is 2.18. The minimum absolute atomic E-state index is 0.152. The lowest BCUT2D eigenvalue weighted by Gasteiger charge is -2.15. The molecule has 0 saturated carbocycles. The maximum Gasteiger partial charge on any atom is 0.253 e. The molecule has 0 heterocycles. The number of para-hydroxylation sites is 1. The molecule has 0 saturated heterocycles. The monoisotopic (exact) mass is 312 g/mol. The number of benzene rings is 1. The fourth-order valence-corrected chi connectivity index (χ4v) is 1.54. The Labute approximate surface area is 115 Å². The summed E-state index contributed by atoms with van der Waals surface area (Å²) in [6, 6.07) is 6.92. The zero-order valence-electron chi connectivity index (χ0n) is 10.7. The molecule has 0 bridgehead atoms. The van der Waals surface area contributed by atoms with Crippen LogP contribution in [0.25, 0.3) is 0 Å². The zero-order chi connectivity index (χ0) is 13.7. The molecule has 98 valence electrons. The van der Waals surface area contributed by atoms with Gasteiger partial charge in [0.05, 0.1) is 16.1 Å². The Morgan fingerprint density at radius 2 is 1.83 bits per heavy atom. The third-order valence-electron chi connectivity index (χ3n) is 2.49. The molecule has 1 aromatic carbocycles. The first kappa shape index (κ1) is 14.7. The summed E-state index contributed by atoms with van der Waals surface area (Å²) in [5.41, 5.74) is 0.976. The van der Waals surface area contributed by atoms with Crippen molar-refractivity contribution in [3.8, 4) is 0 Å². The van der Waals surface area contributed by atoms with Crippen LogP contribution in [0.1, 0.15) is 24.2 Å². The number of anilines is 1. The van der Waals surface area contributed by atoms with Crippen LogP contribution in [0.2, 0.25) is 0 Å². The lowest BCUT2D eigenvalue weighted by molar-refractivity contribution is -0.116. The average Bonchev–Trinajstić information content (AvgIpc) is 2.37. The van der Waals surface area contributed by atoms with Gasteiger partial charge < -0.3 is 10.6 Å². The number of carbonyl (C=O) groups excluding carboxylic acids is 2. The Balaban J connectivity index is 2.91. The summed E-state index contributed by atoms with van der Waals surface area (Å²) >= 11 is 3.33. The molecule has 0 aliphatic rings. The highest BCUT2D eigenvalue weighted by atomic mass is 79.9. The highest BCUT2D eigenvalue weighted by molar-refractivity contribution is 9.10. The van der Waals surface area contributed by atoms with Gasteiger partial charge in [0, 0.05) is 7.05 Å². The number of hydrogen-bond acceptors (Lipinski definition) is 2.